The molecule has 1 aliphatic heterocycles. The number of fused-ring (bicyclic) bond motifs is 1. The van der Waals surface area contributed by atoms with Crippen LogP contribution in [-0.4, -0.2) is 12.3 Å². The summed E-state index contributed by atoms with van der Waals surface area (Å²) in [6.07, 6.45) is 11.8. The molecule has 0 aromatic carbocycles. The average molecular weight is 166 g/mol. The van der Waals surface area contributed by atoms with Crippen LogP contribution in [0.3, 0.4) is 0 Å². The maximum atomic E-state index is 2.44. The summed E-state index contributed by atoms with van der Waals surface area (Å²) in [5.41, 5.74) is 1.69. The zero-order valence-electron chi connectivity index (χ0n) is 7.14. The van der Waals surface area contributed by atoms with Crippen LogP contribution in [0.2, 0.25) is 0 Å². The molecule has 1 heteroatoms. The second-order valence-corrected chi connectivity index (χ2v) is 5.65. The van der Waals surface area contributed by atoms with Crippen LogP contribution < -0.4 is 0 Å². The van der Waals surface area contributed by atoms with Crippen molar-refractivity contribution in [3.05, 3.63) is 23.0 Å². The minimum absolute atomic E-state index is 0.349. The molecule has 11 heavy (non-hydrogen) atoms. The molecular weight excluding hydrogens is 151 g/mol. The normalized spacial score (nSPS) is 27.2. The smallest absolute Gasteiger partial charge is 0.00296 e. The molecule has 0 aromatic rings. The third-order valence-corrected chi connectivity index (χ3v) is 5.22. The van der Waals surface area contributed by atoms with Crippen LogP contribution in [-0.2, 0) is 0 Å². The standard InChI is InChI=1S/C10H15P/c1-2-3-7-11-8-9-5-4-6-10(9)11/h5-6H,2-4,7-8H2,1H3. The van der Waals surface area contributed by atoms with Gasteiger partial charge in [0.2, 0.25) is 0 Å². The van der Waals surface area contributed by atoms with E-state index in [9.17, 15) is 0 Å². The summed E-state index contributed by atoms with van der Waals surface area (Å²) in [4.78, 5) is 0. The maximum Gasteiger partial charge on any atom is -0.00296 e. The Bertz CT molecular complexity index is 213. The molecule has 2 rings (SSSR count). The van der Waals surface area contributed by atoms with Gasteiger partial charge in [0.05, 0.1) is 0 Å². The van der Waals surface area contributed by atoms with Crippen molar-refractivity contribution in [1.82, 2.24) is 0 Å². The Morgan fingerprint density at radius 2 is 2.36 bits per heavy atom. The summed E-state index contributed by atoms with van der Waals surface area (Å²) in [5.74, 6) is 0. The van der Waals surface area contributed by atoms with E-state index in [0.29, 0.717) is 7.92 Å². The number of rotatable bonds is 3. The quantitative estimate of drug-likeness (QED) is 0.563. The van der Waals surface area contributed by atoms with Gasteiger partial charge in [0.1, 0.15) is 0 Å². The molecule has 0 aromatic heterocycles. The SMILES string of the molecule is CCCCP1CC2=CCC=C21. The van der Waals surface area contributed by atoms with Crippen molar-refractivity contribution in [2.24, 2.45) is 0 Å². The molecular formula is C10H15P. The highest BCUT2D eigenvalue weighted by Crippen LogP contribution is 2.62. The molecule has 2 aliphatic rings. The summed E-state index contributed by atoms with van der Waals surface area (Å²) in [6, 6.07) is 0. The Labute approximate surface area is 70.1 Å². The lowest BCUT2D eigenvalue weighted by Crippen LogP contribution is -2.07. The maximum absolute atomic E-state index is 2.44. The fraction of sp³-hybridized carbons (Fsp3) is 0.600. The molecule has 0 amide bonds. The van der Waals surface area contributed by atoms with Gasteiger partial charge in [0, 0.05) is 0 Å². The molecule has 1 heterocycles. The summed E-state index contributed by atoms with van der Waals surface area (Å²) < 4.78 is 0. The lowest BCUT2D eigenvalue weighted by atomic mass is 10.3. The van der Waals surface area contributed by atoms with Crippen molar-refractivity contribution in [2.45, 2.75) is 26.2 Å². The van der Waals surface area contributed by atoms with E-state index in [0.717, 1.165) is 0 Å². The zero-order chi connectivity index (χ0) is 7.68. The molecule has 0 bridgehead atoms. The first-order valence-corrected chi connectivity index (χ1v) is 6.27. The van der Waals surface area contributed by atoms with Gasteiger partial charge in [-0.1, -0.05) is 33.4 Å². The molecule has 0 radical (unpaired) electrons. The van der Waals surface area contributed by atoms with E-state index in [1.54, 1.807) is 10.9 Å². The van der Waals surface area contributed by atoms with Gasteiger partial charge in [0.15, 0.2) is 0 Å². The van der Waals surface area contributed by atoms with Gasteiger partial charge in [-0.3, -0.25) is 0 Å². The fourth-order valence-electron chi connectivity index (χ4n) is 1.77. The Morgan fingerprint density at radius 1 is 1.45 bits per heavy atom. The first kappa shape index (κ1) is 7.55. The van der Waals surface area contributed by atoms with E-state index >= 15 is 0 Å². The van der Waals surface area contributed by atoms with Crippen LogP contribution in [0.25, 0.3) is 0 Å². The van der Waals surface area contributed by atoms with Crippen molar-refractivity contribution in [3.63, 3.8) is 0 Å². The van der Waals surface area contributed by atoms with Gasteiger partial charge in [-0.25, -0.2) is 0 Å². The van der Waals surface area contributed by atoms with E-state index in [-0.39, 0.29) is 0 Å². The summed E-state index contributed by atoms with van der Waals surface area (Å²) in [7, 11) is 0.349. The van der Waals surface area contributed by atoms with Gasteiger partial charge >= 0.3 is 0 Å². The molecule has 1 unspecified atom stereocenters. The van der Waals surface area contributed by atoms with Crippen molar-refractivity contribution in [1.29, 1.82) is 0 Å². The third-order valence-electron chi connectivity index (χ3n) is 2.49. The highest BCUT2D eigenvalue weighted by Gasteiger charge is 2.29. The van der Waals surface area contributed by atoms with Gasteiger partial charge in [-0.2, -0.15) is 0 Å². The minimum Gasteiger partial charge on any atom is -0.0765 e. The van der Waals surface area contributed by atoms with Crippen LogP contribution >= 0.6 is 7.92 Å². The topological polar surface area (TPSA) is 0 Å². The highest BCUT2D eigenvalue weighted by atomic mass is 31.1. The molecule has 0 saturated carbocycles. The Morgan fingerprint density at radius 3 is 3.09 bits per heavy atom. The molecule has 1 saturated heterocycles. The molecule has 0 N–H and O–H groups in total. The summed E-state index contributed by atoms with van der Waals surface area (Å²) in [6.45, 7) is 2.29. The highest BCUT2D eigenvalue weighted by molar-refractivity contribution is 7.65. The largest absolute Gasteiger partial charge is 0.0765 e. The minimum atomic E-state index is 0.349. The lowest BCUT2D eigenvalue weighted by molar-refractivity contribution is 0.889. The zero-order valence-corrected chi connectivity index (χ0v) is 8.03. The summed E-state index contributed by atoms with van der Waals surface area (Å²) in [5, 5.41) is 1.76. The van der Waals surface area contributed by atoms with Gasteiger partial charge < -0.3 is 0 Å². The van der Waals surface area contributed by atoms with E-state index in [1.807, 2.05) is 0 Å². The number of unbranched alkanes of at least 4 members (excludes halogenated alkanes) is 1. The number of allylic oxidation sites excluding steroid dienone is 4. The van der Waals surface area contributed by atoms with Crippen LogP contribution in [0.5, 0.6) is 0 Å². The van der Waals surface area contributed by atoms with Gasteiger partial charge in [-0.15, -0.1) is 0 Å². The molecule has 1 fully saturated rings. The Balaban J connectivity index is 1.86. The Hall–Kier alpha value is -0.0900. The molecule has 0 nitrogen and oxygen atoms in total. The lowest BCUT2D eigenvalue weighted by Gasteiger charge is -2.31. The second kappa shape index (κ2) is 3.11. The van der Waals surface area contributed by atoms with Crippen molar-refractivity contribution < 1.29 is 0 Å². The first-order valence-electron chi connectivity index (χ1n) is 4.56. The van der Waals surface area contributed by atoms with E-state index in [2.05, 4.69) is 19.1 Å². The average Bonchev–Trinajstić information content (AvgIpc) is 2.33. The molecule has 1 aliphatic carbocycles. The third kappa shape index (κ3) is 1.29. The second-order valence-electron chi connectivity index (χ2n) is 3.33. The van der Waals surface area contributed by atoms with Gasteiger partial charge in [-0.05, 0) is 36.1 Å². The molecule has 60 valence electrons. The predicted molar refractivity (Wildman–Crippen MR) is 52.3 cm³/mol. The fourth-order valence-corrected chi connectivity index (χ4v) is 4.42. The van der Waals surface area contributed by atoms with Crippen molar-refractivity contribution in [2.75, 3.05) is 12.3 Å². The van der Waals surface area contributed by atoms with Crippen LogP contribution in [0.15, 0.2) is 23.0 Å². The number of hydrogen-bond donors (Lipinski definition) is 0. The summed E-state index contributed by atoms with van der Waals surface area (Å²) >= 11 is 0. The number of hydrogen-bond acceptors (Lipinski definition) is 0. The van der Waals surface area contributed by atoms with E-state index in [1.165, 1.54) is 31.6 Å². The van der Waals surface area contributed by atoms with Crippen molar-refractivity contribution in [3.8, 4) is 0 Å². The van der Waals surface area contributed by atoms with E-state index < -0.39 is 0 Å². The van der Waals surface area contributed by atoms with Crippen LogP contribution in [0.4, 0.5) is 0 Å². The van der Waals surface area contributed by atoms with Crippen LogP contribution in [0, 0.1) is 0 Å². The van der Waals surface area contributed by atoms with Crippen molar-refractivity contribution >= 4 is 7.92 Å². The Kier molecular flexibility index (Phi) is 2.13. The molecule has 1 atom stereocenters. The first-order chi connectivity index (χ1) is 5.42. The van der Waals surface area contributed by atoms with Gasteiger partial charge in [0.25, 0.3) is 0 Å². The van der Waals surface area contributed by atoms with E-state index in [4.69, 9.17) is 0 Å². The predicted octanol–water partition coefficient (Wildman–Crippen LogP) is 3.50. The monoisotopic (exact) mass is 166 g/mol. The van der Waals surface area contributed by atoms with Crippen LogP contribution in [0.1, 0.15) is 26.2 Å². The molecule has 0 spiro atoms.